The number of aliphatic carboxylic acids is 1. The lowest BCUT2D eigenvalue weighted by molar-refractivity contribution is -0.144. The molecule has 0 spiro atoms. The maximum absolute atomic E-state index is 10.4. The van der Waals surface area contributed by atoms with Gasteiger partial charge < -0.3 is 9.84 Å². The van der Waals surface area contributed by atoms with Gasteiger partial charge in [-0.25, -0.2) is 9.78 Å². The van der Waals surface area contributed by atoms with E-state index in [1.165, 1.54) is 13.1 Å². The smallest absolute Gasteiger partial charge is 0.344 e. The van der Waals surface area contributed by atoms with Crippen LogP contribution in [0.25, 0.3) is 0 Å². The normalized spacial score (nSPS) is 12.2. The molecule has 0 radical (unpaired) electrons. The average Bonchev–Trinajstić information content (AvgIpc) is 2.08. The molecule has 0 aliphatic rings. The average molecular weight is 246 g/mol. The van der Waals surface area contributed by atoms with Gasteiger partial charge in [0.2, 0.25) is 5.88 Å². The van der Waals surface area contributed by atoms with E-state index >= 15 is 0 Å². The molecule has 70 valence electrons. The molecule has 0 aliphatic heterocycles. The highest BCUT2D eigenvalue weighted by molar-refractivity contribution is 9.10. The first-order chi connectivity index (χ1) is 6.11. The maximum atomic E-state index is 10.4. The minimum Gasteiger partial charge on any atom is -0.479 e. The van der Waals surface area contributed by atoms with Gasteiger partial charge in [0.1, 0.15) is 0 Å². The van der Waals surface area contributed by atoms with Gasteiger partial charge in [0.15, 0.2) is 6.10 Å². The van der Waals surface area contributed by atoms with Gasteiger partial charge in [0.25, 0.3) is 0 Å². The number of halogens is 1. The molecule has 4 nitrogen and oxygen atoms in total. The van der Waals surface area contributed by atoms with Crippen molar-refractivity contribution in [1.29, 1.82) is 0 Å². The summed E-state index contributed by atoms with van der Waals surface area (Å²) in [5.74, 6) is -0.727. The lowest BCUT2D eigenvalue weighted by Gasteiger charge is -2.09. The van der Waals surface area contributed by atoms with E-state index < -0.39 is 12.1 Å². The van der Waals surface area contributed by atoms with Crippen molar-refractivity contribution in [2.75, 3.05) is 0 Å². The monoisotopic (exact) mass is 245 g/mol. The Bertz CT molecular complexity index is 316. The van der Waals surface area contributed by atoms with Crippen LogP contribution < -0.4 is 4.74 Å². The summed E-state index contributed by atoms with van der Waals surface area (Å²) in [5.41, 5.74) is 0. The van der Waals surface area contributed by atoms with Crippen LogP contribution in [0.5, 0.6) is 5.88 Å². The molecule has 0 aliphatic carbocycles. The molecule has 0 saturated carbocycles. The Hall–Kier alpha value is -1.10. The van der Waals surface area contributed by atoms with E-state index in [1.54, 1.807) is 12.1 Å². The summed E-state index contributed by atoms with van der Waals surface area (Å²) < 4.78 is 5.69. The molecule has 0 fully saturated rings. The quantitative estimate of drug-likeness (QED) is 0.881. The van der Waals surface area contributed by atoms with Crippen LogP contribution in [-0.2, 0) is 4.79 Å². The van der Waals surface area contributed by atoms with E-state index in [0.29, 0.717) is 4.47 Å². The van der Waals surface area contributed by atoms with Crippen LogP contribution in [0.3, 0.4) is 0 Å². The van der Waals surface area contributed by atoms with Gasteiger partial charge in [-0.3, -0.25) is 0 Å². The fourth-order valence-electron chi connectivity index (χ4n) is 0.676. The molecule has 1 aromatic rings. The van der Waals surface area contributed by atoms with Crippen molar-refractivity contribution in [3.05, 3.63) is 22.8 Å². The summed E-state index contributed by atoms with van der Waals surface area (Å²) in [4.78, 5) is 14.3. The minimum atomic E-state index is -1.02. The first kappa shape index (κ1) is 9.98. The van der Waals surface area contributed by atoms with Crippen LogP contribution in [0.2, 0.25) is 0 Å². The Morgan fingerprint density at radius 2 is 2.46 bits per heavy atom. The molecule has 0 saturated heterocycles. The van der Waals surface area contributed by atoms with Gasteiger partial charge in [-0.05, 0) is 35.0 Å². The number of hydrogen-bond acceptors (Lipinski definition) is 3. The van der Waals surface area contributed by atoms with E-state index in [0.717, 1.165) is 0 Å². The summed E-state index contributed by atoms with van der Waals surface area (Å²) in [6, 6.07) is 3.46. The topological polar surface area (TPSA) is 59.4 Å². The van der Waals surface area contributed by atoms with Crippen molar-refractivity contribution in [2.24, 2.45) is 0 Å². The molecule has 1 aromatic heterocycles. The van der Waals surface area contributed by atoms with Gasteiger partial charge in [-0.1, -0.05) is 0 Å². The Kier molecular flexibility index (Phi) is 3.25. The predicted octanol–water partition coefficient (Wildman–Crippen LogP) is 1.70. The number of carbonyl (C=O) groups is 1. The number of nitrogens with zero attached hydrogens (tertiary/aromatic N) is 1. The molecule has 1 N–H and O–H groups in total. The first-order valence-corrected chi connectivity index (χ1v) is 4.40. The van der Waals surface area contributed by atoms with Crippen LogP contribution in [0.15, 0.2) is 22.8 Å². The molecule has 0 aromatic carbocycles. The van der Waals surface area contributed by atoms with Gasteiger partial charge in [0.05, 0.1) is 4.47 Å². The van der Waals surface area contributed by atoms with E-state index in [-0.39, 0.29) is 5.88 Å². The SMILES string of the molecule is CC(Oc1ncccc1Br)C(=O)O. The van der Waals surface area contributed by atoms with E-state index in [1.807, 2.05) is 0 Å². The number of aromatic nitrogens is 1. The molecule has 1 rings (SSSR count). The summed E-state index contributed by atoms with van der Waals surface area (Å²) in [7, 11) is 0. The molecular formula is C8H8BrNO3. The highest BCUT2D eigenvalue weighted by Crippen LogP contribution is 2.21. The van der Waals surface area contributed by atoms with Crippen molar-refractivity contribution >= 4 is 21.9 Å². The zero-order chi connectivity index (χ0) is 9.84. The standard InChI is InChI=1S/C8H8BrNO3/c1-5(8(11)12)13-7-6(9)3-2-4-10-7/h2-5H,1H3,(H,11,12). The lowest BCUT2D eigenvalue weighted by atomic mass is 10.4. The number of carboxylic acid groups (broad SMARTS) is 1. The van der Waals surface area contributed by atoms with Crippen molar-refractivity contribution in [1.82, 2.24) is 4.98 Å². The second kappa shape index (κ2) is 4.23. The molecular weight excluding hydrogens is 238 g/mol. The number of rotatable bonds is 3. The predicted molar refractivity (Wildman–Crippen MR) is 49.7 cm³/mol. The van der Waals surface area contributed by atoms with Crippen LogP contribution in [0, 0.1) is 0 Å². The Morgan fingerprint density at radius 3 is 3.00 bits per heavy atom. The first-order valence-electron chi connectivity index (χ1n) is 3.61. The molecule has 0 amide bonds. The van der Waals surface area contributed by atoms with Gasteiger partial charge in [-0.15, -0.1) is 0 Å². The molecule has 1 heterocycles. The molecule has 1 unspecified atom stereocenters. The number of pyridine rings is 1. The van der Waals surface area contributed by atoms with Crippen LogP contribution in [0.1, 0.15) is 6.92 Å². The zero-order valence-electron chi connectivity index (χ0n) is 6.90. The zero-order valence-corrected chi connectivity index (χ0v) is 8.48. The fraction of sp³-hybridized carbons (Fsp3) is 0.250. The maximum Gasteiger partial charge on any atom is 0.344 e. The summed E-state index contributed by atoms with van der Waals surface area (Å²) in [5, 5.41) is 8.57. The molecule has 1 atom stereocenters. The second-order valence-corrected chi connectivity index (χ2v) is 3.24. The number of ether oxygens (including phenoxy) is 1. The van der Waals surface area contributed by atoms with E-state index in [4.69, 9.17) is 9.84 Å². The molecule has 5 heteroatoms. The third-order valence-electron chi connectivity index (χ3n) is 1.36. The van der Waals surface area contributed by atoms with Crippen molar-refractivity contribution in [3.8, 4) is 5.88 Å². The third kappa shape index (κ3) is 2.69. The highest BCUT2D eigenvalue weighted by atomic mass is 79.9. The highest BCUT2D eigenvalue weighted by Gasteiger charge is 2.14. The third-order valence-corrected chi connectivity index (χ3v) is 1.96. The summed E-state index contributed by atoms with van der Waals surface area (Å²) in [6.45, 7) is 1.45. The Balaban J connectivity index is 2.74. The van der Waals surface area contributed by atoms with Gasteiger partial charge in [0, 0.05) is 6.20 Å². The minimum absolute atomic E-state index is 0.289. The Morgan fingerprint density at radius 1 is 1.77 bits per heavy atom. The Labute approximate surface area is 83.7 Å². The summed E-state index contributed by atoms with van der Waals surface area (Å²) in [6.07, 6.45) is 0.639. The van der Waals surface area contributed by atoms with Crippen LogP contribution >= 0.6 is 15.9 Å². The number of hydrogen-bond donors (Lipinski definition) is 1. The number of carboxylic acids is 1. The summed E-state index contributed by atoms with van der Waals surface area (Å²) >= 11 is 3.19. The van der Waals surface area contributed by atoms with Gasteiger partial charge in [-0.2, -0.15) is 0 Å². The van der Waals surface area contributed by atoms with E-state index in [2.05, 4.69) is 20.9 Å². The van der Waals surface area contributed by atoms with Crippen molar-refractivity contribution in [2.45, 2.75) is 13.0 Å². The van der Waals surface area contributed by atoms with Crippen LogP contribution in [0.4, 0.5) is 0 Å². The molecule has 0 bridgehead atoms. The van der Waals surface area contributed by atoms with E-state index in [9.17, 15) is 4.79 Å². The van der Waals surface area contributed by atoms with Gasteiger partial charge >= 0.3 is 5.97 Å². The van der Waals surface area contributed by atoms with Crippen molar-refractivity contribution in [3.63, 3.8) is 0 Å². The molecule has 13 heavy (non-hydrogen) atoms. The lowest BCUT2D eigenvalue weighted by Crippen LogP contribution is -2.23. The fourth-order valence-corrected chi connectivity index (χ4v) is 1.02. The second-order valence-electron chi connectivity index (χ2n) is 2.39. The van der Waals surface area contributed by atoms with Crippen molar-refractivity contribution < 1.29 is 14.6 Å². The van der Waals surface area contributed by atoms with Crippen LogP contribution in [-0.4, -0.2) is 22.2 Å². The largest absolute Gasteiger partial charge is 0.479 e.